The Balaban J connectivity index is 1.80. The van der Waals surface area contributed by atoms with E-state index in [0.717, 1.165) is 32.1 Å². The third-order valence-electron chi connectivity index (χ3n) is 4.65. The molecule has 19 heavy (non-hydrogen) atoms. The van der Waals surface area contributed by atoms with Gasteiger partial charge < -0.3 is 10.4 Å². The number of carboxylic acids is 1. The lowest BCUT2D eigenvalue weighted by Crippen LogP contribution is -2.54. The van der Waals surface area contributed by atoms with Crippen LogP contribution in [0, 0.1) is 5.92 Å². The highest BCUT2D eigenvalue weighted by Crippen LogP contribution is 2.35. The molecule has 0 aromatic carbocycles. The van der Waals surface area contributed by atoms with Crippen LogP contribution in [0.3, 0.4) is 0 Å². The zero-order chi connectivity index (χ0) is 13.7. The molecular weight excluding hydrogens is 242 g/mol. The first-order valence-electron chi connectivity index (χ1n) is 7.62. The van der Waals surface area contributed by atoms with Crippen molar-refractivity contribution in [3.8, 4) is 0 Å². The number of aliphatic carboxylic acids is 1. The smallest absolute Gasteiger partial charge is 0.305 e. The Bertz CT molecular complexity index is 328. The number of hydrogen-bond donors (Lipinski definition) is 2. The highest BCUT2D eigenvalue weighted by atomic mass is 16.4. The zero-order valence-electron chi connectivity index (χ0n) is 11.6. The van der Waals surface area contributed by atoms with Crippen molar-refractivity contribution in [2.75, 3.05) is 0 Å². The summed E-state index contributed by atoms with van der Waals surface area (Å²) in [6.07, 6.45) is 10.7. The third-order valence-corrected chi connectivity index (χ3v) is 4.65. The summed E-state index contributed by atoms with van der Waals surface area (Å²) in [5.74, 6) is -0.244. The number of carboxylic acid groups (broad SMARTS) is 1. The summed E-state index contributed by atoms with van der Waals surface area (Å²) in [6, 6.07) is 0. The minimum atomic E-state index is -0.811. The summed E-state index contributed by atoms with van der Waals surface area (Å²) < 4.78 is 0. The van der Waals surface area contributed by atoms with Crippen molar-refractivity contribution in [2.24, 2.45) is 5.92 Å². The lowest BCUT2D eigenvalue weighted by molar-refractivity contribution is -0.140. The van der Waals surface area contributed by atoms with E-state index in [9.17, 15) is 9.59 Å². The van der Waals surface area contributed by atoms with Crippen molar-refractivity contribution in [3.63, 3.8) is 0 Å². The summed E-state index contributed by atoms with van der Waals surface area (Å²) in [7, 11) is 0. The molecule has 2 fully saturated rings. The van der Waals surface area contributed by atoms with Gasteiger partial charge in [0.2, 0.25) is 5.91 Å². The van der Waals surface area contributed by atoms with Crippen molar-refractivity contribution in [1.29, 1.82) is 0 Å². The van der Waals surface area contributed by atoms with Crippen molar-refractivity contribution in [1.82, 2.24) is 5.32 Å². The molecule has 0 atom stereocenters. The van der Waals surface area contributed by atoms with E-state index in [-0.39, 0.29) is 12.3 Å². The average Bonchev–Trinajstić information content (AvgIpc) is 2.54. The summed E-state index contributed by atoms with van der Waals surface area (Å²) in [4.78, 5) is 23.0. The fourth-order valence-corrected chi connectivity index (χ4v) is 3.42. The Morgan fingerprint density at radius 1 is 1.05 bits per heavy atom. The molecule has 0 radical (unpaired) electrons. The SMILES string of the molecule is O=C(O)CC1(NC(=O)CC2CCCCCC2)CCC1. The van der Waals surface area contributed by atoms with Gasteiger partial charge in [-0.3, -0.25) is 9.59 Å². The Kier molecular flexibility index (Phi) is 4.83. The maximum absolute atomic E-state index is 12.1. The molecular formula is C15H25NO3. The number of hydrogen-bond acceptors (Lipinski definition) is 2. The predicted molar refractivity (Wildman–Crippen MR) is 72.8 cm³/mol. The van der Waals surface area contributed by atoms with Crippen LogP contribution >= 0.6 is 0 Å². The molecule has 1 amide bonds. The maximum Gasteiger partial charge on any atom is 0.305 e. The van der Waals surface area contributed by atoms with Crippen molar-refractivity contribution >= 4 is 11.9 Å². The Labute approximate surface area is 115 Å². The van der Waals surface area contributed by atoms with E-state index in [1.165, 1.54) is 25.7 Å². The second-order valence-electron chi connectivity index (χ2n) is 6.31. The van der Waals surface area contributed by atoms with Crippen LogP contribution in [0.15, 0.2) is 0 Å². The molecule has 0 spiro atoms. The quantitative estimate of drug-likeness (QED) is 0.753. The largest absolute Gasteiger partial charge is 0.481 e. The molecule has 2 aliphatic carbocycles. The Hall–Kier alpha value is -1.06. The summed E-state index contributed by atoms with van der Waals surface area (Å²) >= 11 is 0. The normalized spacial score (nSPS) is 23.2. The van der Waals surface area contributed by atoms with Crippen LogP contribution < -0.4 is 5.32 Å². The van der Waals surface area contributed by atoms with Gasteiger partial charge in [-0.25, -0.2) is 0 Å². The van der Waals surface area contributed by atoms with Crippen LogP contribution in [0.25, 0.3) is 0 Å². The lowest BCUT2D eigenvalue weighted by Gasteiger charge is -2.41. The van der Waals surface area contributed by atoms with Gasteiger partial charge in [-0.1, -0.05) is 25.7 Å². The van der Waals surface area contributed by atoms with E-state index < -0.39 is 11.5 Å². The van der Waals surface area contributed by atoms with Crippen LogP contribution in [0.1, 0.15) is 70.6 Å². The van der Waals surface area contributed by atoms with Gasteiger partial charge in [0.15, 0.2) is 0 Å². The van der Waals surface area contributed by atoms with Gasteiger partial charge in [-0.2, -0.15) is 0 Å². The predicted octanol–water partition coefficient (Wildman–Crippen LogP) is 2.86. The molecule has 0 aliphatic heterocycles. The highest BCUT2D eigenvalue weighted by Gasteiger charge is 2.40. The second-order valence-corrected chi connectivity index (χ2v) is 6.31. The first-order chi connectivity index (χ1) is 9.10. The number of carbonyl (C=O) groups excluding carboxylic acids is 1. The van der Waals surface area contributed by atoms with Gasteiger partial charge in [0.05, 0.1) is 12.0 Å². The molecule has 2 rings (SSSR count). The summed E-state index contributed by atoms with van der Waals surface area (Å²) in [5.41, 5.74) is -0.437. The number of amides is 1. The molecule has 0 bridgehead atoms. The first kappa shape index (κ1) is 14.4. The Morgan fingerprint density at radius 2 is 1.68 bits per heavy atom. The van der Waals surface area contributed by atoms with E-state index in [0.29, 0.717) is 12.3 Å². The first-order valence-corrected chi connectivity index (χ1v) is 7.62. The van der Waals surface area contributed by atoms with E-state index in [1.807, 2.05) is 0 Å². The van der Waals surface area contributed by atoms with Crippen LogP contribution in [0.4, 0.5) is 0 Å². The fourth-order valence-electron chi connectivity index (χ4n) is 3.42. The van der Waals surface area contributed by atoms with E-state index >= 15 is 0 Å². The van der Waals surface area contributed by atoms with Gasteiger partial charge in [0.1, 0.15) is 0 Å². The fraction of sp³-hybridized carbons (Fsp3) is 0.867. The molecule has 108 valence electrons. The second kappa shape index (κ2) is 6.40. The minimum absolute atomic E-state index is 0.0628. The molecule has 4 heteroatoms. The van der Waals surface area contributed by atoms with E-state index in [2.05, 4.69) is 5.32 Å². The molecule has 0 heterocycles. The minimum Gasteiger partial charge on any atom is -0.481 e. The standard InChI is InChI=1S/C15H25NO3/c17-13(10-12-6-3-1-2-4-7-12)16-15(8-5-9-15)11-14(18)19/h12H,1-11H2,(H,16,17)(H,18,19). The molecule has 2 aliphatic rings. The molecule has 2 N–H and O–H groups in total. The lowest BCUT2D eigenvalue weighted by atomic mass is 9.74. The number of carbonyl (C=O) groups is 2. The molecule has 0 aromatic rings. The maximum atomic E-state index is 12.1. The average molecular weight is 267 g/mol. The zero-order valence-corrected chi connectivity index (χ0v) is 11.6. The monoisotopic (exact) mass is 267 g/mol. The van der Waals surface area contributed by atoms with Gasteiger partial charge in [0, 0.05) is 6.42 Å². The molecule has 4 nitrogen and oxygen atoms in total. The van der Waals surface area contributed by atoms with Crippen LogP contribution in [-0.2, 0) is 9.59 Å². The topological polar surface area (TPSA) is 66.4 Å². The van der Waals surface area contributed by atoms with Crippen molar-refractivity contribution < 1.29 is 14.7 Å². The van der Waals surface area contributed by atoms with Gasteiger partial charge in [-0.15, -0.1) is 0 Å². The molecule has 0 aromatic heterocycles. The summed E-state index contributed by atoms with van der Waals surface area (Å²) in [6.45, 7) is 0. The van der Waals surface area contributed by atoms with Crippen LogP contribution in [0.2, 0.25) is 0 Å². The third kappa shape index (κ3) is 4.22. The van der Waals surface area contributed by atoms with Crippen molar-refractivity contribution in [2.45, 2.75) is 76.2 Å². The van der Waals surface area contributed by atoms with Crippen LogP contribution in [-0.4, -0.2) is 22.5 Å². The molecule has 0 unspecified atom stereocenters. The van der Waals surface area contributed by atoms with Crippen LogP contribution in [0.5, 0.6) is 0 Å². The summed E-state index contributed by atoms with van der Waals surface area (Å²) in [5, 5.41) is 11.9. The Morgan fingerprint density at radius 3 is 2.16 bits per heavy atom. The molecule has 2 saturated carbocycles. The van der Waals surface area contributed by atoms with Gasteiger partial charge >= 0.3 is 5.97 Å². The van der Waals surface area contributed by atoms with E-state index in [1.54, 1.807) is 0 Å². The van der Waals surface area contributed by atoms with Gasteiger partial charge in [0.25, 0.3) is 0 Å². The number of nitrogens with one attached hydrogen (secondary N) is 1. The number of rotatable bonds is 5. The van der Waals surface area contributed by atoms with Crippen molar-refractivity contribution in [3.05, 3.63) is 0 Å². The van der Waals surface area contributed by atoms with Gasteiger partial charge in [-0.05, 0) is 38.0 Å². The van der Waals surface area contributed by atoms with E-state index in [4.69, 9.17) is 5.11 Å². The highest BCUT2D eigenvalue weighted by molar-refractivity contribution is 5.78. The molecule has 0 saturated heterocycles.